The van der Waals surface area contributed by atoms with Gasteiger partial charge in [-0.3, -0.25) is 9.69 Å². The van der Waals surface area contributed by atoms with Crippen LogP contribution in [0.3, 0.4) is 0 Å². The highest BCUT2D eigenvalue weighted by Crippen LogP contribution is 2.09. The molecule has 1 aliphatic heterocycles. The van der Waals surface area contributed by atoms with Crippen molar-refractivity contribution in [3.05, 3.63) is 35.9 Å². The first kappa shape index (κ1) is 12.3. The van der Waals surface area contributed by atoms with E-state index in [0.29, 0.717) is 12.3 Å². The van der Waals surface area contributed by atoms with Crippen LogP contribution in [0.25, 0.3) is 0 Å². The van der Waals surface area contributed by atoms with Crippen molar-refractivity contribution in [3.8, 4) is 0 Å². The van der Waals surface area contributed by atoms with E-state index in [0.717, 1.165) is 32.4 Å². The zero-order chi connectivity index (χ0) is 11.9. The van der Waals surface area contributed by atoms with Crippen LogP contribution >= 0.6 is 0 Å². The predicted molar refractivity (Wildman–Crippen MR) is 70.1 cm³/mol. The van der Waals surface area contributed by atoms with E-state index in [4.69, 9.17) is 0 Å². The Kier molecular flexibility index (Phi) is 4.75. The molecule has 0 saturated carbocycles. The first-order chi connectivity index (χ1) is 8.34. The fraction of sp³-hybridized carbons (Fsp3) is 0.533. The van der Waals surface area contributed by atoms with Crippen molar-refractivity contribution in [3.63, 3.8) is 0 Å². The summed E-state index contributed by atoms with van der Waals surface area (Å²) in [5.74, 6) is 0.405. The van der Waals surface area contributed by atoms with Gasteiger partial charge in [-0.2, -0.15) is 0 Å². The van der Waals surface area contributed by atoms with Gasteiger partial charge in [0.2, 0.25) is 0 Å². The Bertz CT molecular complexity index is 341. The standard InChI is InChI=1S/C15H21NO/c17-15(13-16-11-4-5-12-16)10-6-9-14-7-2-1-3-8-14/h1-3,7-8H,4-6,9-13H2. The van der Waals surface area contributed by atoms with Crippen molar-refractivity contribution in [2.24, 2.45) is 0 Å². The molecule has 0 amide bonds. The molecule has 0 unspecified atom stereocenters. The molecule has 2 nitrogen and oxygen atoms in total. The Hall–Kier alpha value is -1.15. The molecular formula is C15H21NO. The minimum Gasteiger partial charge on any atom is -0.298 e. The van der Waals surface area contributed by atoms with Crippen LogP contribution in [-0.4, -0.2) is 30.3 Å². The highest BCUT2D eigenvalue weighted by Gasteiger charge is 2.14. The molecule has 1 fully saturated rings. The number of likely N-dealkylation sites (tertiary alicyclic amines) is 1. The first-order valence-corrected chi connectivity index (χ1v) is 6.62. The van der Waals surface area contributed by atoms with E-state index in [1.807, 2.05) is 6.07 Å². The molecule has 0 aromatic heterocycles. The second kappa shape index (κ2) is 6.55. The summed E-state index contributed by atoms with van der Waals surface area (Å²) >= 11 is 0. The first-order valence-electron chi connectivity index (χ1n) is 6.62. The molecule has 1 aliphatic rings. The number of carbonyl (C=O) groups excluding carboxylic acids is 1. The van der Waals surface area contributed by atoms with Gasteiger partial charge in [-0.25, -0.2) is 0 Å². The van der Waals surface area contributed by atoms with Crippen molar-refractivity contribution in [1.82, 2.24) is 4.90 Å². The van der Waals surface area contributed by atoms with Gasteiger partial charge in [-0.15, -0.1) is 0 Å². The molecule has 0 N–H and O–H groups in total. The molecule has 0 atom stereocenters. The second-order valence-corrected chi connectivity index (χ2v) is 4.86. The van der Waals surface area contributed by atoms with E-state index in [2.05, 4.69) is 29.2 Å². The summed E-state index contributed by atoms with van der Waals surface area (Å²) < 4.78 is 0. The minimum absolute atomic E-state index is 0.405. The van der Waals surface area contributed by atoms with E-state index >= 15 is 0 Å². The van der Waals surface area contributed by atoms with Crippen molar-refractivity contribution in [2.45, 2.75) is 32.1 Å². The Morgan fingerprint density at radius 1 is 1.12 bits per heavy atom. The lowest BCUT2D eigenvalue weighted by Crippen LogP contribution is -2.26. The van der Waals surface area contributed by atoms with E-state index in [1.165, 1.54) is 18.4 Å². The molecule has 2 rings (SSSR count). The molecule has 1 saturated heterocycles. The van der Waals surface area contributed by atoms with E-state index < -0.39 is 0 Å². The summed E-state index contributed by atoms with van der Waals surface area (Å²) in [5, 5.41) is 0. The van der Waals surface area contributed by atoms with Gasteiger partial charge < -0.3 is 0 Å². The van der Waals surface area contributed by atoms with Gasteiger partial charge >= 0.3 is 0 Å². The predicted octanol–water partition coefficient (Wildman–Crippen LogP) is 2.67. The Morgan fingerprint density at radius 2 is 1.82 bits per heavy atom. The molecule has 2 heteroatoms. The van der Waals surface area contributed by atoms with Gasteiger partial charge in [0.25, 0.3) is 0 Å². The van der Waals surface area contributed by atoms with Crippen LogP contribution in [0.4, 0.5) is 0 Å². The van der Waals surface area contributed by atoms with Crippen molar-refractivity contribution in [2.75, 3.05) is 19.6 Å². The topological polar surface area (TPSA) is 20.3 Å². The van der Waals surface area contributed by atoms with Crippen LogP contribution in [0.1, 0.15) is 31.2 Å². The second-order valence-electron chi connectivity index (χ2n) is 4.86. The highest BCUT2D eigenvalue weighted by atomic mass is 16.1. The van der Waals surface area contributed by atoms with E-state index in [1.54, 1.807) is 0 Å². The summed E-state index contributed by atoms with van der Waals surface area (Å²) in [6.45, 7) is 2.91. The lowest BCUT2D eigenvalue weighted by atomic mass is 10.1. The zero-order valence-electron chi connectivity index (χ0n) is 10.4. The Labute approximate surface area is 104 Å². The van der Waals surface area contributed by atoms with Gasteiger partial charge in [0, 0.05) is 6.42 Å². The third-order valence-corrected chi connectivity index (χ3v) is 3.36. The van der Waals surface area contributed by atoms with Crippen LogP contribution in [0, 0.1) is 0 Å². The number of benzene rings is 1. The maximum Gasteiger partial charge on any atom is 0.146 e. The molecule has 0 aliphatic carbocycles. The summed E-state index contributed by atoms with van der Waals surface area (Å²) in [6.07, 6.45) is 5.25. The molecular weight excluding hydrogens is 210 g/mol. The third-order valence-electron chi connectivity index (χ3n) is 3.36. The molecule has 0 spiro atoms. The maximum absolute atomic E-state index is 11.7. The van der Waals surface area contributed by atoms with E-state index in [9.17, 15) is 4.79 Å². The lowest BCUT2D eigenvalue weighted by molar-refractivity contribution is -0.120. The lowest BCUT2D eigenvalue weighted by Gasteiger charge is -2.12. The average Bonchev–Trinajstić information content (AvgIpc) is 2.83. The quantitative estimate of drug-likeness (QED) is 0.750. The van der Waals surface area contributed by atoms with Gasteiger partial charge in [0.15, 0.2) is 0 Å². The van der Waals surface area contributed by atoms with Crippen molar-refractivity contribution in [1.29, 1.82) is 0 Å². The molecule has 92 valence electrons. The fourth-order valence-electron chi connectivity index (χ4n) is 2.40. The maximum atomic E-state index is 11.7. The van der Waals surface area contributed by atoms with Crippen molar-refractivity contribution >= 4 is 5.78 Å². The van der Waals surface area contributed by atoms with Crippen molar-refractivity contribution < 1.29 is 4.79 Å². The largest absolute Gasteiger partial charge is 0.298 e. The fourth-order valence-corrected chi connectivity index (χ4v) is 2.40. The van der Waals surface area contributed by atoms with Crippen LogP contribution < -0.4 is 0 Å². The number of nitrogens with zero attached hydrogens (tertiary/aromatic N) is 1. The number of hydrogen-bond donors (Lipinski definition) is 0. The number of ketones is 1. The number of Topliss-reactive ketones (excluding diaryl/α,β-unsaturated/α-hetero) is 1. The van der Waals surface area contributed by atoms with Gasteiger partial charge in [-0.1, -0.05) is 30.3 Å². The summed E-state index contributed by atoms with van der Waals surface area (Å²) in [4.78, 5) is 14.0. The number of rotatable bonds is 6. The SMILES string of the molecule is O=C(CCCc1ccccc1)CN1CCCC1. The molecule has 1 aromatic carbocycles. The molecule has 17 heavy (non-hydrogen) atoms. The molecule has 0 bridgehead atoms. The Morgan fingerprint density at radius 3 is 2.53 bits per heavy atom. The summed E-state index contributed by atoms with van der Waals surface area (Å²) in [6, 6.07) is 10.4. The van der Waals surface area contributed by atoms with Gasteiger partial charge in [0.05, 0.1) is 6.54 Å². The Balaban J connectivity index is 1.63. The van der Waals surface area contributed by atoms with Crippen LogP contribution in [0.5, 0.6) is 0 Å². The van der Waals surface area contributed by atoms with Crippen LogP contribution in [0.15, 0.2) is 30.3 Å². The average molecular weight is 231 g/mol. The number of aryl methyl sites for hydroxylation is 1. The zero-order valence-corrected chi connectivity index (χ0v) is 10.4. The van der Waals surface area contributed by atoms with Crippen LogP contribution in [0.2, 0.25) is 0 Å². The number of hydrogen-bond acceptors (Lipinski definition) is 2. The van der Waals surface area contributed by atoms with Crippen LogP contribution in [-0.2, 0) is 11.2 Å². The summed E-state index contributed by atoms with van der Waals surface area (Å²) in [5.41, 5.74) is 1.33. The minimum atomic E-state index is 0.405. The number of carbonyl (C=O) groups is 1. The third kappa shape index (κ3) is 4.31. The smallest absolute Gasteiger partial charge is 0.146 e. The summed E-state index contributed by atoms with van der Waals surface area (Å²) in [7, 11) is 0. The molecule has 1 aromatic rings. The monoisotopic (exact) mass is 231 g/mol. The van der Waals surface area contributed by atoms with Gasteiger partial charge in [-0.05, 0) is 44.3 Å². The molecule has 1 heterocycles. The van der Waals surface area contributed by atoms with Gasteiger partial charge in [0.1, 0.15) is 5.78 Å². The van der Waals surface area contributed by atoms with E-state index in [-0.39, 0.29) is 0 Å². The molecule has 0 radical (unpaired) electrons. The normalized spacial score (nSPS) is 16.2. The highest BCUT2D eigenvalue weighted by molar-refractivity contribution is 5.80.